The van der Waals surface area contributed by atoms with Gasteiger partial charge < -0.3 is 5.73 Å². The highest BCUT2D eigenvalue weighted by Crippen LogP contribution is 2.26. The zero-order chi connectivity index (χ0) is 15.4. The van der Waals surface area contributed by atoms with Crippen molar-refractivity contribution in [2.24, 2.45) is 5.73 Å². The molecule has 1 unspecified atom stereocenters. The van der Waals surface area contributed by atoms with Gasteiger partial charge in [0.05, 0.1) is 4.92 Å². The van der Waals surface area contributed by atoms with Gasteiger partial charge in [0.25, 0.3) is 5.69 Å². The predicted octanol–water partition coefficient (Wildman–Crippen LogP) is 3.54. The van der Waals surface area contributed by atoms with Crippen molar-refractivity contribution < 1.29 is 9.31 Å². The first-order valence-corrected chi connectivity index (χ1v) is 6.79. The standard InChI is InChI=1S/C16H17FN2O2/c1-2-11-7-8-13(19(20)21)10-14(11)16(18)9-12-5-3-4-6-15(12)17/h3-8,10,16H,2,9,18H2,1H3. The van der Waals surface area contributed by atoms with Crippen molar-refractivity contribution >= 4 is 5.69 Å². The van der Waals surface area contributed by atoms with Gasteiger partial charge >= 0.3 is 0 Å². The van der Waals surface area contributed by atoms with Gasteiger partial charge in [-0.25, -0.2) is 4.39 Å². The summed E-state index contributed by atoms with van der Waals surface area (Å²) in [5.41, 5.74) is 8.32. The number of hydrogen-bond acceptors (Lipinski definition) is 3. The smallest absolute Gasteiger partial charge is 0.269 e. The van der Waals surface area contributed by atoms with Crippen LogP contribution in [0.1, 0.15) is 29.7 Å². The summed E-state index contributed by atoms with van der Waals surface area (Å²) in [6, 6.07) is 10.6. The fourth-order valence-electron chi connectivity index (χ4n) is 2.37. The van der Waals surface area contributed by atoms with Crippen LogP contribution in [0.4, 0.5) is 10.1 Å². The molecule has 0 radical (unpaired) electrons. The Morgan fingerprint density at radius 3 is 2.57 bits per heavy atom. The Bertz CT molecular complexity index is 658. The summed E-state index contributed by atoms with van der Waals surface area (Å²) < 4.78 is 13.7. The van der Waals surface area contributed by atoms with Gasteiger partial charge in [-0.15, -0.1) is 0 Å². The van der Waals surface area contributed by atoms with Crippen molar-refractivity contribution in [3.05, 3.63) is 75.1 Å². The van der Waals surface area contributed by atoms with E-state index in [1.165, 1.54) is 18.2 Å². The molecule has 0 aromatic heterocycles. The lowest BCUT2D eigenvalue weighted by molar-refractivity contribution is -0.384. The van der Waals surface area contributed by atoms with Crippen LogP contribution in [0.15, 0.2) is 42.5 Å². The van der Waals surface area contributed by atoms with Gasteiger partial charge in [-0.3, -0.25) is 10.1 Å². The summed E-state index contributed by atoms with van der Waals surface area (Å²) >= 11 is 0. The van der Waals surface area contributed by atoms with Gasteiger partial charge in [0, 0.05) is 18.2 Å². The molecule has 0 fully saturated rings. The zero-order valence-corrected chi connectivity index (χ0v) is 11.8. The monoisotopic (exact) mass is 288 g/mol. The fourth-order valence-corrected chi connectivity index (χ4v) is 2.37. The number of nitro groups is 1. The molecule has 0 aliphatic heterocycles. The average molecular weight is 288 g/mol. The van der Waals surface area contributed by atoms with Crippen LogP contribution in [-0.4, -0.2) is 4.92 Å². The molecular weight excluding hydrogens is 271 g/mol. The Kier molecular flexibility index (Phi) is 4.65. The second-order valence-corrected chi connectivity index (χ2v) is 4.90. The SMILES string of the molecule is CCc1ccc([N+](=O)[O-])cc1C(N)Cc1ccccc1F. The highest BCUT2D eigenvalue weighted by atomic mass is 19.1. The number of hydrogen-bond donors (Lipinski definition) is 1. The molecule has 1 atom stereocenters. The number of rotatable bonds is 5. The first-order chi connectivity index (χ1) is 10.0. The van der Waals surface area contributed by atoms with Gasteiger partial charge in [-0.2, -0.15) is 0 Å². The summed E-state index contributed by atoms with van der Waals surface area (Å²) in [6.45, 7) is 1.96. The molecule has 2 N–H and O–H groups in total. The van der Waals surface area contributed by atoms with E-state index in [1.807, 2.05) is 6.92 Å². The number of benzene rings is 2. The largest absolute Gasteiger partial charge is 0.324 e. The fraction of sp³-hybridized carbons (Fsp3) is 0.250. The molecule has 0 spiro atoms. The van der Waals surface area contributed by atoms with E-state index in [1.54, 1.807) is 24.3 Å². The maximum absolute atomic E-state index is 13.7. The van der Waals surface area contributed by atoms with Crippen LogP contribution >= 0.6 is 0 Å². The molecule has 21 heavy (non-hydrogen) atoms. The molecule has 4 nitrogen and oxygen atoms in total. The minimum absolute atomic E-state index is 0.00573. The van der Waals surface area contributed by atoms with Gasteiger partial charge in [-0.1, -0.05) is 31.2 Å². The maximum Gasteiger partial charge on any atom is 0.269 e. The van der Waals surface area contributed by atoms with Crippen LogP contribution in [-0.2, 0) is 12.8 Å². The van der Waals surface area contributed by atoms with Crippen LogP contribution < -0.4 is 5.73 Å². The third-order valence-corrected chi connectivity index (χ3v) is 3.52. The van der Waals surface area contributed by atoms with E-state index in [0.29, 0.717) is 17.5 Å². The first-order valence-electron chi connectivity index (χ1n) is 6.79. The van der Waals surface area contributed by atoms with Crippen molar-refractivity contribution in [1.29, 1.82) is 0 Å². The van der Waals surface area contributed by atoms with Crippen molar-refractivity contribution in [1.82, 2.24) is 0 Å². The zero-order valence-electron chi connectivity index (χ0n) is 11.8. The molecule has 0 saturated carbocycles. The minimum Gasteiger partial charge on any atom is -0.324 e. The van der Waals surface area contributed by atoms with Crippen LogP contribution in [0.5, 0.6) is 0 Å². The van der Waals surface area contributed by atoms with Gasteiger partial charge in [0.15, 0.2) is 0 Å². The molecule has 0 aliphatic rings. The number of nitrogens with two attached hydrogens (primary N) is 1. The molecule has 0 saturated heterocycles. The molecule has 110 valence electrons. The third kappa shape index (κ3) is 3.44. The Morgan fingerprint density at radius 1 is 1.24 bits per heavy atom. The Hall–Kier alpha value is -2.27. The Morgan fingerprint density at radius 2 is 1.95 bits per heavy atom. The molecule has 5 heteroatoms. The van der Waals surface area contributed by atoms with Gasteiger partial charge in [0.2, 0.25) is 0 Å². The number of nitrogens with zero attached hydrogens (tertiary/aromatic N) is 1. The highest BCUT2D eigenvalue weighted by molar-refractivity contribution is 5.42. The Labute approximate surface area is 122 Å². The van der Waals surface area contributed by atoms with Crippen molar-refractivity contribution in [2.45, 2.75) is 25.8 Å². The highest BCUT2D eigenvalue weighted by Gasteiger charge is 2.17. The lowest BCUT2D eigenvalue weighted by atomic mass is 9.93. The molecule has 2 aromatic rings. The summed E-state index contributed by atoms with van der Waals surface area (Å²) in [4.78, 5) is 10.4. The van der Waals surface area contributed by atoms with Crippen LogP contribution in [0.25, 0.3) is 0 Å². The summed E-state index contributed by atoms with van der Waals surface area (Å²) in [5.74, 6) is -0.309. The average Bonchev–Trinajstić information content (AvgIpc) is 2.48. The van der Waals surface area contributed by atoms with E-state index >= 15 is 0 Å². The quantitative estimate of drug-likeness (QED) is 0.675. The van der Waals surface area contributed by atoms with Crippen molar-refractivity contribution in [2.75, 3.05) is 0 Å². The van der Waals surface area contributed by atoms with Crippen molar-refractivity contribution in [3.63, 3.8) is 0 Å². The predicted molar refractivity (Wildman–Crippen MR) is 79.5 cm³/mol. The molecule has 2 aromatic carbocycles. The van der Waals surface area contributed by atoms with E-state index in [0.717, 1.165) is 12.0 Å². The second kappa shape index (κ2) is 6.45. The van der Waals surface area contributed by atoms with Crippen LogP contribution in [0.2, 0.25) is 0 Å². The maximum atomic E-state index is 13.7. The second-order valence-electron chi connectivity index (χ2n) is 4.90. The lowest BCUT2D eigenvalue weighted by Crippen LogP contribution is -2.16. The topological polar surface area (TPSA) is 69.2 Å². The number of aryl methyl sites for hydroxylation is 1. The van der Waals surface area contributed by atoms with E-state index in [-0.39, 0.29) is 11.5 Å². The Balaban J connectivity index is 2.33. The third-order valence-electron chi connectivity index (χ3n) is 3.52. The summed E-state index contributed by atoms with van der Waals surface area (Å²) in [6.07, 6.45) is 1.03. The number of halogens is 1. The molecule has 0 amide bonds. The van der Waals surface area contributed by atoms with Crippen molar-refractivity contribution in [3.8, 4) is 0 Å². The minimum atomic E-state index is -0.475. The molecule has 0 bridgehead atoms. The van der Waals surface area contributed by atoms with Crippen LogP contribution in [0.3, 0.4) is 0 Å². The van der Waals surface area contributed by atoms with Gasteiger partial charge in [0.1, 0.15) is 5.82 Å². The summed E-state index contributed by atoms with van der Waals surface area (Å²) in [7, 11) is 0. The molecule has 2 rings (SSSR count). The summed E-state index contributed by atoms with van der Waals surface area (Å²) in [5, 5.41) is 10.9. The van der Waals surface area contributed by atoms with Gasteiger partial charge in [-0.05, 0) is 35.6 Å². The lowest BCUT2D eigenvalue weighted by Gasteiger charge is -2.16. The van der Waals surface area contributed by atoms with E-state index < -0.39 is 11.0 Å². The van der Waals surface area contributed by atoms with Crippen LogP contribution in [0, 0.1) is 15.9 Å². The number of non-ortho nitro benzene ring substituents is 1. The van der Waals surface area contributed by atoms with E-state index in [4.69, 9.17) is 5.73 Å². The van der Waals surface area contributed by atoms with E-state index in [9.17, 15) is 14.5 Å². The normalized spacial score (nSPS) is 12.1. The molecular formula is C16H17FN2O2. The first kappa shape index (κ1) is 15.1. The molecule has 0 aliphatic carbocycles. The number of nitro benzene ring substituents is 1. The molecule has 0 heterocycles. The van der Waals surface area contributed by atoms with E-state index in [2.05, 4.69) is 0 Å².